The predicted molar refractivity (Wildman–Crippen MR) is 116 cm³/mol. The van der Waals surface area contributed by atoms with E-state index in [1.54, 1.807) is 22.9 Å². The number of halogens is 2. The van der Waals surface area contributed by atoms with Crippen LogP contribution in [0.1, 0.15) is 11.3 Å². The number of nitrogens with zero attached hydrogens (tertiary/aromatic N) is 2. The number of phenolic OH excluding ortho intramolecular Hbond substituents is 1. The molecule has 138 valence electrons. The SMILES string of the molecule is Oc1ccc(Cl)cc1-c1cc(/C=C/c2cccc(Cl)c2)nn1-c1ccccc1. The molecular weight excluding hydrogens is 391 g/mol. The molecule has 3 aromatic carbocycles. The van der Waals surface area contributed by atoms with Gasteiger partial charge in [0.15, 0.2) is 0 Å². The quantitative estimate of drug-likeness (QED) is 0.408. The molecule has 28 heavy (non-hydrogen) atoms. The highest BCUT2D eigenvalue weighted by atomic mass is 35.5. The van der Waals surface area contributed by atoms with Gasteiger partial charge in [0.25, 0.3) is 0 Å². The highest BCUT2D eigenvalue weighted by Gasteiger charge is 2.14. The van der Waals surface area contributed by atoms with Crippen LogP contribution in [-0.4, -0.2) is 14.9 Å². The van der Waals surface area contributed by atoms with E-state index in [0.29, 0.717) is 15.6 Å². The molecule has 0 radical (unpaired) electrons. The molecule has 4 aromatic rings. The Hall–Kier alpha value is -3.01. The maximum Gasteiger partial charge on any atom is 0.125 e. The Morgan fingerprint density at radius 2 is 1.57 bits per heavy atom. The lowest BCUT2D eigenvalue weighted by Crippen LogP contribution is -1.99. The van der Waals surface area contributed by atoms with Crippen molar-refractivity contribution in [1.82, 2.24) is 9.78 Å². The zero-order chi connectivity index (χ0) is 19.5. The summed E-state index contributed by atoms with van der Waals surface area (Å²) >= 11 is 12.2. The number of hydrogen-bond donors (Lipinski definition) is 1. The van der Waals surface area contributed by atoms with Gasteiger partial charge in [-0.25, -0.2) is 4.68 Å². The van der Waals surface area contributed by atoms with Crippen LogP contribution < -0.4 is 0 Å². The van der Waals surface area contributed by atoms with Crippen molar-refractivity contribution in [2.24, 2.45) is 0 Å². The lowest BCUT2D eigenvalue weighted by Gasteiger charge is -2.09. The van der Waals surface area contributed by atoms with Gasteiger partial charge in [0.2, 0.25) is 0 Å². The van der Waals surface area contributed by atoms with Gasteiger partial charge in [-0.3, -0.25) is 0 Å². The zero-order valence-electron chi connectivity index (χ0n) is 14.8. The van der Waals surface area contributed by atoms with Crippen LogP contribution in [0.4, 0.5) is 0 Å². The Balaban J connectivity index is 1.82. The van der Waals surface area contributed by atoms with E-state index in [1.807, 2.05) is 72.8 Å². The summed E-state index contributed by atoms with van der Waals surface area (Å²) in [5.41, 5.74) is 3.98. The van der Waals surface area contributed by atoms with E-state index in [2.05, 4.69) is 0 Å². The van der Waals surface area contributed by atoms with Crippen LogP contribution >= 0.6 is 23.2 Å². The monoisotopic (exact) mass is 406 g/mol. The van der Waals surface area contributed by atoms with E-state index >= 15 is 0 Å². The molecule has 1 heterocycles. The Morgan fingerprint density at radius 3 is 2.36 bits per heavy atom. The van der Waals surface area contributed by atoms with Crippen LogP contribution in [0.2, 0.25) is 10.0 Å². The van der Waals surface area contributed by atoms with Crippen LogP contribution in [0.3, 0.4) is 0 Å². The summed E-state index contributed by atoms with van der Waals surface area (Å²) in [6, 6.07) is 24.2. The number of benzene rings is 3. The van der Waals surface area contributed by atoms with Gasteiger partial charge in [-0.1, -0.05) is 59.6 Å². The minimum atomic E-state index is 0.145. The number of rotatable bonds is 4. The third kappa shape index (κ3) is 3.96. The molecule has 0 bridgehead atoms. The van der Waals surface area contributed by atoms with Gasteiger partial charge in [-0.05, 0) is 60.2 Å². The third-order valence-electron chi connectivity index (χ3n) is 4.26. The van der Waals surface area contributed by atoms with E-state index < -0.39 is 0 Å². The van der Waals surface area contributed by atoms with Crippen molar-refractivity contribution in [1.29, 1.82) is 0 Å². The summed E-state index contributed by atoms with van der Waals surface area (Å²) in [6.45, 7) is 0. The number of aromatic hydroxyl groups is 1. The first-order chi connectivity index (χ1) is 13.6. The smallest absolute Gasteiger partial charge is 0.125 e. The summed E-state index contributed by atoms with van der Waals surface area (Å²) in [4.78, 5) is 0. The van der Waals surface area contributed by atoms with Crippen molar-refractivity contribution >= 4 is 35.4 Å². The highest BCUT2D eigenvalue weighted by molar-refractivity contribution is 6.31. The van der Waals surface area contributed by atoms with Gasteiger partial charge in [-0.15, -0.1) is 0 Å². The molecular formula is C23H16Cl2N2O. The topological polar surface area (TPSA) is 38.1 Å². The van der Waals surface area contributed by atoms with Crippen molar-refractivity contribution in [2.45, 2.75) is 0 Å². The van der Waals surface area contributed by atoms with E-state index in [0.717, 1.165) is 22.6 Å². The van der Waals surface area contributed by atoms with Crippen molar-refractivity contribution in [2.75, 3.05) is 0 Å². The van der Waals surface area contributed by atoms with Crippen LogP contribution in [0.15, 0.2) is 78.9 Å². The van der Waals surface area contributed by atoms with Crippen molar-refractivity contribution in [3.8, 4) is 22.7 Å². The normalized spacial score (nSPS) is 11.2. The summed E-state index contributed by atoms with van der Waals surface area (Å²) < 4.78 is 1.79. The third-order valence-corrected chi connectivity index (χ3v) is 4.73. The summed E-state index contributed by atoms with van der Waals surface area (Å²) in [5.74, 6) is 0.145. The lowest BCUT2D eigenvalue weighted by atomic mass is 10.1. The van der Waals surface area contributed by atoms with Crippen LogP contribution in [0, 0.1) is 0 Å². The molecule has 0 unspecified atom stereocenters. The molecule has 1 N–H and O–H groups in total. The molecule has 0 amide bonds. The highest BCUT2D eigenvalue weighted by Crippen LogP contribution is 2.34. The second-order valence-electron chi connectivity index (χ2n) is 6.25. The van der Waals surface area contributed by atoms with Crippen LogP contribution in [-0.2, 0) is 0 Å². The molecule has 0 aliphatic carbocycles. The summed E-state index contributed by atoms with van der Waals surface area (Å²) in [6.07, 6.45) is 3.86. The fourth-order valence-corrected chi connectivity index (χ4v) is 3.31. The zero-order valence-corrected chi connectivity index (χ0v) is 16.3. The maximum absolute atomic E-state index is 10.4. The Kier molecular flexibility index (Phi) is 5.20. The van der Waals surface area contributed by atoms with E-state index in [4.69, 9.17) is 28.3 Å². The lowest BCUT2D eigenvalue weighted by molar-refractivity contribution is 0.477. The Labute approximate surface area is 173 Å². The second-order valence-corrected chi connectivity index (χ2v) is 7.12. The fourth-order valence-electron chi connectivity index (χ4n) is 2.94. The van der Waals surface area contributed by atoms with Gasteiger partial charge in [0.1, 0.15) is 5.75 Å². The number of aromatic nitrogens is 2. The molecule has 5 heteroatoms. The summed E-state index contributed by atoms with van der Waals surface area (Å²) in [5, 5.41) is 16.3. The van der Waals surface area contributed by atoms with Gasteiger partial charge >= 0.3 is 0 Å². The minimum absolute atomic E-state index is 0.145. The van der Waals surface area contributed by atoms with Gasteiger partial charge in [0, 0.05) is 15.6 Å². The van der Waals surface area contributed by atoms with Crippen molar-refractivity contribution < 1.29 is 5.11 Å². The first-order valence-corrected chi connectivity index (χ1v) is 9.44. The largest absolute Gasteiger partial charge is 0.507 e. The van der Waals surface area contributed by atoms with Crippen LogP contribution in [0.5, 0.6) is 5.75 Å². The molecule has 3 nitrogen and oxygen atoms in total. The molecule has 0 fully saturated rings. The first kappa shape index (κ1) is 18.4. The van der Waals surface area contributed by atoms with Crippen molar-refractivity contribution in [3.63, 3.8) is 0 Å². The molecule has 0 aliphatic heterocycles. The second kappa shape index (κ2) is 7.93. The molecule has 1 aromatic heterocycles. The Bertz CT molecular complexity index is 1150. The number of phenols is 1. The number of para-hydroxylation sites is 1. The molecule has 0 spiro atoms. The molecule has 0 atom stereocenters. The van der Waals surface area contributed by atoms with E-state index in [9.17, 15) is 5.11 Å². The molecule has 0 saturated heterocycles. The molecule has 4 rings (SSSR count). The maximum atomic E-state index is 10.4. The predicted octanol–water partition coefficient (Wildman–Crippen LogP) is 6.72. The van der Waals surface area contributed by atoms with E-state index in [-0.39, 0.29) is 5.75 Å². The van der Waals surface area contributed by atoms with Crippen molar-refractivity contribution in [3.05, 3.63) is 100 Å². The first-order valence-electron chi connectivity index (χ1n) is 8.68. The summed E-state index contributed by atoms with van der Waals surface area (Å²) in [7, 11) is 0. The average molecular weight is 407 g/mol. The van der Waals surface area contributed by atoms with E-state index in [1.165, 1.54) is 0 Å². The van der Waals surface area contributed by atoms with Gasteiger partial charge < -0.3 is 5.11 Å². The molecule has 0 aliphatic rings. The fraction of sp³-hybridized carbons (Fsp3) is 0. The van der Waals surface area contributed by atoms with Gasteiger partial charge in [-0.2, -0.15) is 5.10 Å². The number of hydrogen-bond acceptors (Lipinski definition) is 2. The van der Waals surface area contributed by atoms with Gasteiger partial charge in [0.05, 0.1) is 17.1 Å². The van der Waals surface area contributed by atoms with Crippen LogP contribution in [0.25, 0.3) is 29.1 Å². The minimum Gasteiger partial charge on any atom is -0.507 e. The Morgan fingerprint density at radius 1 is 0.786 bits per heavy atom. The standard InChI is InChI=1S/C23H16Cl2N2O/c24-17-6-4-5-16(13-17)9-11-19-15-22(21-14-18(25)10-12-23(21)28)27(26-19)20-7-2-1-3-8-20/h1-15,28H/b11-9+. The average Bonchev–Trinajstić information content (AvgIpc) is 3.13. The molecule has 0 saturated carbocycles.